The van der Waals surface area contributed by atoms with Crippen molar-refractivity contribution in [3.8, 4) is 0 Å². The molecule has 2 aliphatic rings. The molecule has 0 aromatic heterocycles. The van der Waals surface area contributed by atoms with Crippen molar-refractivity contribution in [2.24, 2.45) is 0 Å². The van der Waals surface area contributed by atoms with Crippen molar-refractivity contribution >= 4 is 0 Å². The molecular formula is C11H22N2O. The van der Waals surface area contributed by atoms with Gasteiger partial charge in [0.2, 0.25) is 0 Å². The topological polar surface area (TPSA) is 24.5 Å². The molecule has 2 atom stereocenters. The Hall–Kier alpha value is -0.120. The minimum atomic E-state index is 0.710. The van der Waals surface area contributed by atoms with Gasteiger partial charge in [0.1, 0.15) is 0 Å². The van der Waals surface area contributed by atoms with Gasteiger partial charge >= 0.3 is 0 Å². The maximum atomic E-state index is 5.40. The van der Waals surface area contributed by atoms with E-state index in [0.717, 1.165) is 32.3 Å². The first-order valence-corrected chi connectivity index (χ1v) is 5.91. The fourth-order valence-corrected chi connectivity index (χ4v) is 2.79. The highest BCUT2D eigenvalue weighted by molar-refractivity contribution is 4.88. The molecule has 2 rings (SSSR count). The zero-order valence-electron chi connectivity index (χ0n) is 9.17. The van der Waals surface area contributed by atoms with Gasteiger partial charge < -0.3 is 10.1 Å². The van der Waals surface area contributed by atoms with E-state index in [-0.39, 0.29) is 0 Å². The van der Waals surface area contributed by atoms with Gasteiger partial charge in [-0.05, 0) is 19.9 Å². The summed E-state index contributed by atoms with van der Waals surface area (Å²) in [7, 11) is 2.10. The van der Waals surface area contributed by atoms with Gasteiger partial charge in [-0.25, -0.2) is 0 Å². The molecule has 1 saturated carbocycles. The molecule has 3 nitrogen and oxygen atoms in total. The van der Waals surface area contributed by atoms with Crippen molar-refractivity contribution in [2.45, 2.75) is 37.8 Å². The second-order valence-corrected chi connectivity index (χ2v) is 4.40. The molecule has 82 valence electrons. The van der Waals surface area contributed by atoms with Crippen molar-refractivity contribution in [1.82, 2.24) is 10.2 Å². The van der Waals surface area contributed by atoms with Crippen LogP contribution in [0, 0.1) is 0 Å². The molecule has 1 aliphatic carbocycles. The Morgan fingerprint density at radius 2 is 1.86 bits per heavy atom. The first-order chi connectivity index (χ1) is 6.92. The standard InChI is InChI=1S/C11H22N2O/c1-12-10-4-2-3-5-11(10)13-6-8-14-9-7-13/h10-12H,2-9H2,1H3/t10-,11-/m1/s1. The number of rotatable bonds is 2. The van der Waals surface area contributed by atoms with Crippen molar-refractivity contribution < 1.29 is 4.74 Å². The molecule has 2 fully saturated rings. The number of likely N-dealkylation sites (N-methyl/N-ethyl adjacent to an activating group) is 1. The van der Waals surface area contributed by atoms with Gasteiger partial charge in [-0.2, -0.15) is 0 Å². The van der Waals surface area contributed by atoms with Crippen LogP contribution >= 0.6 is 0 Å². The second-order valence-electron chi connectivity index (χ2n) is 4.40. The largest absolute Gasteiger partial charge is 0.379 e. The quantitative estimate of drug-likeness (QED) is 0.712. The molecule has 0 unspecified atom stereocenters. The number of nitrogens with zero attached hydrogens (tertiary/aromatic N) is 1. The molecule has 3 heteroatoms. The fourth-order valence-electron chi connectivity index (χ4n) is 2.79. The van der Waals surface area contributed by atoms with E-state index in [1.165, 1.54) is 25.7 Å². The number of morpholine rings is 1. The average molecular weight is 198 g/mol. The summed E-state index contributed by atoms with van der Waals surface area (Å²) in [4.78, 5) is 2.61. The summed E-state index contributed by atoms with van der Waals surface area (Å²) in [5, 5.41) is 3.47. The van der Waals surface area contributed by atoms with Crippen LogP contribution in [0.2, 0.25) is 0 Å². The van der Waals surface area contributed by atoms with Gasteiger partial charge in [-0.3, -0.25) is 4.90 Å². The lowest BCUT2D eigenvalue weighted by Gasteiger charge is -2.41. The summed E-state index contributed by atoms with van der Waals surface area (Å²) in [5.41, 5.74) is 0. The van der Waals surface area contributed by atoms with Crippen LogP contribution in [0.5, 0.6) is 0 Å². The summed E-state index contributed by atoms with van der Waals surface area (Å²) in [6.07, 6.45) is 5.51. The van der Waals surface area contributed by atoms with Crippen LogP contribution in [0.15, 0.2) is 0 Å². The Morgan fingerprint density at radius 1 is 1.14 bits per heavy atom. The number of ether oxygens (including phenoxy) is 1. The Bertz CT molecular complexity index is 169. The van der Waals surface area contributed by atoms with Gasteiger partial charge in [0.05, 0.1) is 13.2 Å². The highest BCUT2D eigenvalue weighted by Gasteiger charge is 2.29. The van der Waals surface area contributed by atoms with Crippen molar-refractivity contribution in [2.75, 3.05) is 33.4 Å². The highest BCUT2D eigenvalue weighted by Crippen LogP contribution is 2.23. The Morgan fingerprint density at radius 3 is 2.57 bits per heavy atom. The van der Waals surface area contributed by atoms with E-state index in [1.54, 1.807) is 0 Å². The second kappa shape index (κ2) is 5.10. The van der Waals surface area contributed by atoms with Crippen LogP contribution in [-0.4, -0.2) is 50.3 Å². The van der Waals surface area contributed by atoms with Gasteiger partial charge in [0.15, 0.2) is 0 Å². The minimum Gasteiger partial charge on any atom is -0.379 e. The first-order valence-electron chi connectivity index (χ1n) is 5.91. The molecule has 1 aliphatic heterocycles. The van der Waals surface area contributed by atoms with Crippen LogP contribution in [0.3, 0.4) is 0 Å². The lowest BCUT2D eigenvalue weighted by molar-refractivity contribution is 0.000551. The molecule has 1 heterocycles. The molecule has 0 aromatic carbocycles. The van der Waals surface area contributed by atoms with Crippen LogP contribution in [0.25, 0.3) is 0 Å². The maximum Gasteiger partial charge on any atom is 0.0594 e. The number of nitrogens with one attached hydrogen (secondary N) is 1. The average Bonchev–Trinajstić information content (AvgIpc) is 2.30. The number of hydrogen-bond donors (Lipinski definition) is 1. The van der Waals surface area contributed by atoms with Gasteiger partial charge in [0.25, 0.3) is 0 Å². The van der Waals surface area contributed by atoms with E-state index in [9.17, 15) is 0 Å². The van der Waals surface area contributed by atoms with Crippen LogP contribution in [-0.2, 0) is 4.74 Å². The predicted molar refractivity (Wildman–Crippen MR) is 57.5 cm³/mol. The molecule has 1 saturated heterocycles. The monoisotopic (exact) mass is 198 g/mol. The third kappa shape index (κ3) is 2.27. The van der Waals surface area contributed by atoms with Crippen LogP contribution in [0.4, 0.5) is 0 Å². The van der Waals surface area contributed by atoms with E-state index in [4.69, 9.17) is 4.74 Å². The SMILES string of the molecule is CN[C@@H]1CCCC[C@H]1N1CCOCC1. The Labute approximate surface area is 86.8 Å². The first kappa shape index (κ1) is 10.4. The molecular weight excluding hydrogens is 176 g/mol. The zero-order valence-corrected chi connectivity index (χ0v) is 9.17. The molecule has 0 amide bonds. The van der Waals surface area contributed by atoms with E-state index < -0.39 is 0 Å². The highest BCUT2D eigenvalue weighted by atomic mass is 16.5. The fraction of sp³-hybridized carbons (Fsp3) is 1.00. The summed E-state index contributed by atoms with van der Waals surface area (Å²) in [6, 6.07) is 1.47. The summed E-state index contributed by atoms with van der Waals surface area (Å²) >= 11 is 0. The van der Waals surface area contributed by atoms with Crippen LogP contribution in [0.1, 0.15) is 25.7 Å². The smallest absolute Gasteiger partial charge is 0.0594 e. The summed E-state index contributed by atoms with van der Waals surface area (Å²) in [5.74, 6) is 0. The van der Waals surface area contributed by atoms with E-state index in [2.05, 4.69) is 17.3 Å². The lowest BCUT2D eigenvalue weighted by atomic mass is 9.89. The third-order valence-electron chi connectivity index (χ3n) is 3.61. The third-order valence-corrected chi connectivity index (χ3v) is 3.61. The van der Waals surface area contributed by atoms with Gasteiger partial charge in [-0.1, -0.05) is 12.8 Å². The number of hydrogen-bond acceptors (Lipinski definition) is 3. The minimum absolute atomic E-state index is 0.710. The summed E-state index contributed by atoms with van der Waals surface area (Å²) < 4.78 is 5.40. The lowest BCUT2D eigenvalue weighted by Crippen LogP contribution is -2.54. The van der Waals surface area contributed by atoms with Crippen LogP contribution < -0.4 is 5.32 Å². The molecule has 0 aromatic rings. The molecule has 0 bridgehead atoms. The Balaban J connectivity index is 1.91. The Kier molecular flexibility index (Phi) is 3.79. The zero-order chi connectivity index (χ0) is 9.80. The molecule has 14 heavy (non-hydrogen) atoms. The summed E-state index contributed by atoms with van der Waals surface area (Å²) in [6.45, 7) is 4.10. The normalized spacial score (nSPS) is 35.8. The molecule has 1 N–H and O–H groups in total. The van der Waals surface area contributed by atoms with Gasteiger partial charge in [0, 0.05) is 25.2 Å². The maximum absolute atomic E-state index is 5.40. The van der Waals surface area contributed by atoms with Crippen molar-refractivity contribution in [3.63, 3.8) is 0 Å². The van der Waals surface area contributed by atoms with Gasteiger partial charge in [-0.15, -0.1) is 0 Å². The predicted octanol–water partition coefficient (Wildman–Crippen LogP) is 0.849. The van der Waals surface area contributed by atoms with Crippen molar-refractivity contribution in [1.29, 1.82) is 0 Å². The van der Waals surface area contributed by atoms with Crippen molar-refractivity contribution in [3.05, 3.63) is 0 Å². The van der Waals surface area contributed by atoms with E-state index in [0.29, 0.717) is 6.04 Å². The molecule has 0 spiro atoms. The van der Waals surface area contributed by atoms with E-state index in [1.807, 2.05) is 0 Å². The molecule has 0 radical (unpaired) electrons. The van der Waals surface area contributed by atoms with E-state index >= 15 is 0 Å².